The number of carbonyl (C=O) groups is 1. The highest BCUT2D eigenvalue weighted by atomic mass is 16.5. The first-order valence-electron chi connectivity index (χ1n) is 11.8. The molecule has 0 saturated carbocycles. The van der Waals surface area contributed by atoms with Crippen LogP contribution in [0.4, 0.5) is 0 Å². The van der Waals surface area contributed by atoms with Gasteiger partial charge in [-0.15, -0.1) is 0 Å². The van der Waals surface area contributed by atoms with Gasteiger partial charge in [0, 0.05) is 0 Å². The molecule has 1 aromatic carbocycles. The van der Waals surface area contributed by atoms with Crippen molar-refractivity contribution in [2.24, 2.45) is 5.73 Å². The molecule has 1 rings (SSSR count). The summed E-state index contributed by atoms with van der Waals surface area (Å²) in [6.45, 7) is 2.09. The molecular formula is C25H43NO3. The molecule has 0 aliphatic heterocycles. The van der Waals surface area contributed by atoms with Crippen LogP contribution in [-0.4, -0.2) is 29.8 Å². The second-order valence-electron chi connectivity index (χ2n) is 8.19. The summed E-state index contributed by atoms with van der Waals surface area (Å²) in [7, 11) is 0. The second kappa shape index (κ2) is 17.5. The van der Waals surface area contributed by atoms with Crippen LogP contribution in [0.2, 0.25) is 0 Å². The van der Waals surface area contributed by atoms with Gasteiger partial charge in [0.25, 0.3) is 0 Å². The van der Waals surface area contributed by atoms with E-state index in [4.69, 9.17) is 10.5 Å². The minimum atomic E-state index is -0.528. The van der Waals surface area contributed by atoms with Crippen molar-refractivity contribution < 1.29 is 14.6 Å². The monoisotopic (exact) mass is 405 g/mol. The van der Waals surface area contributed by atoms with Gasteiger partial charge in [0.15, 0.2) is 0 Å². The first-order valence-corrected chi connectivity index (χ1v) is 11.8. The quantitative estimate of drug-likeness (QED) is 0.232. The molecule has 2 atom stereocenters. The average molecular weight is 406 g/mol. The standard InChI is InChI=1S/C25H43NO3/c1-2-3-4-5-6-7-8-9-10-11-12-13-17-20-24(23(26)21-27)29-25(28)22-18-15-14-16-19-22/h14-16,18-19,23-24,27H,2-13,17,20-21,26H2,1H3/t23-,24?/m0/s1. The summed E-state index contributed by atoms with van der Waals surface area (Å²) in [5.74, 6) is -0.366. The maximum absolute atomic E-state index is 12.2. The lowest BCUT2D eigenvalue weighted by molar-refractivity contribution is 0.0150. The molecule has 0 bridgehead atoms. The van der Waals surface area contributed by atoms with Crippen LogP contribution < -0.4 is 5.73 Å². The third-order valence-corrected chi connectivity index (χ3v) is 5.55. The number of benzene rings is 1. The molecule has 1 aromatic rings. The predicted molar refractivity (Wildman–Crippen MR) is 121 cm³/mol. The largest absolute Gasteiger partial charge is 0.457 e. The molecule has 0 amide bonds. The van der Waals surface area contributed by atoms with Gasteiger partial charge in [-0.25, -0.2) is 4.79 Å². The van der Waals surface area contributed by atoms with Crippen LogP contribution in [0.5, 0.6) is 0 Å². The van der Waals surface area contributed by atoms with E-state index < -0.39 is 12.1 Å². The van der Waals surface area contributed by atoms with Crippen LogP contribution in [0.25, 0.3) is 0 Å². The van der Waals surface area contributed by atoms with Crippen molar-refractivity contribution >= 4 is 5.97 Å². The van der Waals surface area contributed by atoms with E-state index in [9.17, 15) is 9.90 Å². The topological polar surface area (TPSA) is 72.5 Å². The summed E-state index contributed by atoms with van der Waals surface area (Å²) in [6.07, 6.45) is 17.2. The van der Waals surface area contributed by atoms with E-state index in [0.29, 0.717) is 12.0 Å². The molecule has 4 nitrogen and oxygen atoms in total. The lowest BCUT2D eigenvalue weighted by Gasteiger charge is -2.22. The number of carbonyl (C=O) groups excluding carboxylic acids is 1. The van der Waals surface area contributed by atoms with Gasteiger partial charge in [0.1, 0.15) is 6.10 Å². The normalized spacial score (nSPS) is 13.2. The summed E-state index contributed by atoms with van der Waals surface area (Å²) in [5.41, 5.74) is 6.48. The molecule has 4 heteroatoms. The van der Waals surface area contributed by atoms with Crippen molar-refractivity contribution in [2.75, 3.05) is 6.61 Å². The van der Waals surface area contributed by atoms with E-state index in [0.717, 1.165) is 12.8 Å². The number of aliphatic hydroxyl groups is 1. The zero-order valence-electron chi connectivity index (χ0n) is 18.5. The second-order valence-corrected chi connectivity index (χ2v) is 8.19. The molecule has 0 radical (unpaired) electrons. The van der Waals surface area contributed by atoms with Crippen molar-refractivity contribution in [3.63, 3.8) is 0 Å². The number of rotatable bonds is 18. The highest BCUT2D eigenvalue weighted by molar-refractivity contribution is 5.89. The Balaban J connectivity index is 2.09. The van der Waals surface area contributed by atoms with Crippen molar-refractivity contribution in [3.05, 3.63) is 35.9 Å². The van der Waals surface area contributed by atoms with E-state index in [1.807, 2.05) is 18.2 Å². The average Bonchev–Trinajstić information content (AvgIpc) is 2.76. The summed E-state index contributed by atoms with van der Waals surface area (Å²) >= 11 is 0. The highest BCUT2D eigenvalue weighted by Crippen LogP contribution is 2.16. The Labute approximate surface area is 178 Å². The van der Waals surface area contributed by atoms with Crippen LogP contribution in [0.15, 0.2) is 30.3 Å². The van der Waals surface area contributed by atoms with Crippen molar-refractivity contribution in [1.82, 2.24) is 0 Å². The Morgan fingerprint density at radius 3 is 1.83 bits per heavy atom. The van der Waals surface area contributed by atoms with Gasteiger partial charge < -0.3 is 15.6 Å². The lowest BCUT2D eigenvalue weighted by Crippen LogP contribution is -2.41. The molecule has 1 unspecified atom stereocenters. The van der Waals surface area contributed by atoms with E-state index in [-0.39, 0.29) is 12.6 Å². The van der Waals surface area contributed by atoms with Gasteiger partial charge in [0.2, 0.25) is 0 Å². The zero-order valence-corrected chi connectivity index (χ0v) is 18.5. The fourth-order valence-corrected chi connectivity index (χ4v) is 3.62. The molecule has 0 heterocycles. The first kappa shape index (κ1) is 25.6. The fourth-order valence-electron chi connectivity index (χ4n) is 3.62. The molecule has 166 valence electrons. The maximum atomic E-state index is 12.2. The fraction of sp³-hybridized carbons (Fsp3) is 0.720. The van der Waals surface area contributed by atoms with Gasteiger partial charge in [-0.3, -0.25) is 0 Å². The third-order valence-electron chi connectivity index (χ3n) is 5.55. The Hall–Kier alpha value is -1.39. The molecule has 0 spiro atoms. The van der Waals surface area contributed by atoms with Crippen LogP contribution in [0.1, 0.15) is 107 Å². The molecule has 0 fully saturated rings. The van der Waals surface area contributed by atoms with E-state index in [1.165, 1.54) is 70.6 Å². The number of esters is 1. The molecule has 0 aliphatic rings. The van der Waals surface area contributed by atoms with Gasteiger partial charge in [0.05, 0.1) is 18.2 Å². The van der Waals surface area contributed by atoms with Crippen molar-refractivity contribution in [3.8, 4) is 0 Å². The van der Waals surface area contributed by atoms with Gasteiger partial charge in [-0.2, -0.15) is 0 Å². The van der Waals surface area contributed by atoms with E-state index in [1.54, 1.807) is 12.1 Å². The Kier molecular flexibility index (Phi) is 15.4. The van der Waals surface area contributed by atoms with E-state index in [2.05, 4.69) is 6.92 Å². The minimum Gasteiger partial charge on any atom is -0.457 e. The number of ether oxygens (including phenoxy) is 1. The van der Waals surface area contributed by atoms with Crippen LogP contribution >= 0.6 is 0 Å². The molecule has 0 aromatic heterocycles. The first-order chi connectivity index (χ1) is 14.2. The number of unbranched alkanes of at least 4 members (excludes halogenated alkanes) is 12. The lowest BCUT2D eigenvalue weighted by atomic mass is 10.0. The van der Waals surface area contributed by atoms with Crippen LogP contribution in [0.3, 0.4) is 0 Å². The van der Waals surface area contributed by atoms with Crippen LogP contribution in [0, 0.1) is 0 Å². The van der Waals surface area contributed by atoms with Crippen molar-refractivity contribution in [2.45, 2.75) is 109 Å². The van der Waals surface area contributed by atoms with E-state index >= 15 is 0 Å². The zero-order chi connectivity index (χ0) is 21.2. The summed E-state index contributed by atoms with van der Waals surface area (Å²) in [4.78, 5) is 12.2. The summed E-state index contributed by atoms with van der Waals surface area (Å²) < 4.78 is 5.57. The molecule has 3 N–H and O–H groups in total. The minimum absolute atomic E-state index is 0.175. The number of nitrogens with two attached hydrogens (primary N) is 1. The number of aliphatic hydroxyl groups excluding tert-OH is 1. The number of hydrogen-bond acceptors (Lipinski definition) is 4. The molecule has 0 saturated heterocycles. The Morgan fingerprint density at radius 1 is 0.862 bits per heavy atom. The van der Waals surface area contributed by atoms with Gasteiger partial charge in [-0.1, -0.05) is 102 Å². The Bertz CT molecular complexity index is 506. The third kappa shape index (κ3) is 12.7. The smallest absolute Gasteiger partial charge is 0.338 e. The molecular weight excluding hydrogens is 362 g/mol. The highest BCUT2D eigenvalue weighted by Gasteiger charge is 2.22. The molecule has 29 heavy (non-hydrogen) atoms. The SMILES string of the molecule is CCCCCCCCCCCCCCCC(OC(=O)c1ccccc1)[C@@H](N)CO. The van der Waals surface area contributed by atoms with Gasteiger partial charge in [-0.05, 0) is 25.0 Å². The molecule has 0 aliphatic carbocycles. The van der Waals surface area contributed by atoms with Crippen molar-refractivity contribution in [1.29, 1.82) is 0 Å². The Morgan fingerprint density at radius 2 is 1.34 bits per heavy atom. The maximum Gasteiger partial charge on any atom is 0.338 e. The summed E-state index contributed by atoms with van der Waals surface area (Å²) in [5, 5.41) is 9.38. The van der Waals surface area contributed by atoms with Crippen LogP contribution in [-0.2, 0) is 4.74 Å². The summed E-state index contributed by atoms with van der Waals surface area (Å²) in [6, 6.07) is 8.42. The predicted octanol–water partition coefficient (Wildman–Crippen LogP) is 6.01. The van der Waals surface area contributed by atoms with Gasteiger partial charge >= 0.3 is 5.97 Å². The number of hydrogen-bond donors (Lipinski definition) is 2.